The summed E-state index contributed by atoms with van der Waals surface area (Å²) in [5.74, 6) is 0.342. The van der Waals surface area contributed by atoms with E-state index in [1.807, 2.05) is 24.3 Å². The van der Waals surface area contributed by atoms with Crippen molar-refractivity contribution in [3.63, 3.8) is 0 Å². The van der Waals surface area contributed by atoms with E-state index in [-0.39, 0.29) is 23.1 Å². The van der Waals surface area contributed by atoms with Crippen LogP contribution >= 0.6 is 0 Å². The van der Waals surface area contributed by atoms with Gasteiger partial charge < -0.3 is 4.74 Å². The van der Waals surface area contributed by atoms with Crippen molar-refractivity contribution in [2.24, 2.45) is 0 Å². The normalized spacial score (nSPS) is 13.7. The Morgan fingerprint density at radius 1 is 0.641 bits per heavy atom. The summed E-state index contributed by atoms with van der Waals surface area (Å²) in [4.78, 5) is 31.1. The summed E-state index contributed by atoms with van der Waals surface area (Å²) in [6.45, 7) is 4.15. The Morgan fingerprint density at radius 3 is 1.46 bits per heavy atom. The first-order valence-electron chi connectivity index (χ1n) is 13.0. The van der Waals surface area contributed by atoms with Gasteiger partial charge in [-0.1, -0.05) is 24.3 Å². The van der Waals surface area contributed by atoms with Crippen LogP contribution < -0.4 is 4.74 Å². The van der Waals surface area contributed by atoms with E-state index in [1.54, 1.807) is 0 Å². The van der Waals surface area contributed by atoms with Crippen LogP contribution in [0.4, 0.5) is 11.4 Å². The lowest BCUT2D eigenvalue weighted by Crippen LogP contribution is -2.02. The van der Waals surface area contributed by atoms with Crippen molar-refractivity contribution in [1.82, 2.24) is 9.97 Å². The second-order valence-corrected chi connectivity index (χ2v) is 10.2. The van der Waals surface area contributed by atoms with Gasteiger partial charge in [-0.05, 0) is 96.9 Å². The van der Waals surface area contributed by atoms with E-state index in [9.17, 15) is 20.2 Å². The van der Waals surface area contributed by atoms with Crippen molar-refractivity contribution in [3.05, 3.63) is 102 Å². The summed E-state index contributed by atoms with van der Waals surface area (Å²) in [5, 5.41) is 23.3. The van der Waals surface area contributed by atoms with Gasteiger partial charge in [0, 0.05) is 12.1 Å². The minimum Gasteiger partial charge on any atom is -0.419 e. The predicted octanol–water partition coefficient (Wildman–Crippen LogP) is 7.01. The maximum atomic E-state index is 11.7. The van der Waals surface area contributed by atoms with Gasteiger partial charge in [0.05, 0.1) is 21.0 Å². The molecule has 0 atom stereocenters. The number of hydrogen-bond acceptors (Lipinski definition) is 7. The van der Waals surface area contributed by atoms with Gasteiger partial charge in [0.25, 0.3) is 11.4 Å². The van der Waals surface area contributed by atoms with Gasteiger partial charge in [-0.3, -0.25) is 20.2 Å². The molecule has 2 heterocycles. The number of pyridine rings is 2. The van der Waals surface area contributed by atoms with Gasteiger partial charge in [-0.25, -0.2) is 9.97 Å². The fourth-order valence-corrected chi connectivity index (χ4v) is 6.00. The molecule has 9 heteroatoms. The average Bonchev–Trinajstić information content (AvgIpc) is 3.61. The quantitative estimate of drug-likeness (QED) is 0.197. The molecule has 0 spiro atoms. The molecule has 2 aliphatic rings. The van der Waals surface area contributed by atoms with Gasteiger partial charge in [0.1, 0.15) is 12.4 Å². The third-order valence-corrected chi connectivity index (χ3v) is 7.91. The monoisotopic (exact) mass is 522 g/mol. The highest BCUT2D eigenvalue weighted by atomic mass is 16.6. The van der Waals surface area contributed by atoms with Crippen LogP contribution in [-0.4, -0.2) is 19.8 Å². The molecule has 0 bridgehead atoms. The van der Waals surface area contributed by atoms with Crippen LogP contribution in [0.5, 0.6) is 11.8 Å². The Hall–Kier alpha value is -4.66. The third kappa shape index (κ3) is 4.29. The second kappa shape index (κ2) is 9.58. The van der Waals surface area contributed by atoms with Crippen molar-refractivity contribution < 1.29 is 14.6 Å². The fourth-order valence-electron chi connectivity index (χ4n) is 6.00. The molecule has 0 aliphatic heterocycles. The van der Waals surface area contributed by atoms with Crippen molar-refractivity contribution in [3.8, 4) is 34.0 Å². The zero-order chi connectivity index (χ0) is 27.3. The summed E-state index contributed by atoms with van der Waals surface area (Å²) in [6, 6.07) is 10.9. The van der Waals surface area contributed by atoms with Crippen molar-refractivity contribution in [2.45, 2.75) is 52.4 Å². The maximum Gasteiger partial charge on any atom is 0.288 e. The summed E-state index contributed by atoms with van der Waals surface area (Å²) < 4.78 is 6.33. The molecule has 0 fully saturated rings. The average molecular weight is 523 g/mol. The van der Waals surface area contributed by atoms with E-state index in [0.29, 0.717) is 11.1 Å². The topological polar surface area (TPSA) is 121 Å². The van der Waals surface area contributed by atoms with E-state index in [0.717, 1.165) is 60.8 Å². The molecule has 0 saturated carbocycles. The second-order valence-electron chi connectivity index (χ2n) is 10.2. The summed E-state index contributed by atoms with van der Waals surface area (Å²) in [5.41, 5.74) is 9.62. The number of benzene rings is 2. The van der Waals surface area contributed by atoms with Gasteiger partial charge in [0.15, 0.2) is 0 Å². The van der Waals surface area contributed by atoms with E-state index in [2.05, 4.69) is 23.8 Å². The molecule has 9 nitrogen and oxygen atoms in total. The molecule has 0 amide bonds. The number of nitrogens with zero attached hydrogens (tertiary/aromatic N) is 4. The lowest BCUT2D eigenvalue weighted by molar-refractivity contribution is -0.385. The lowest BCUT2D eigenvalue weighted by atomic mass is 9.94. The Labute approximate surface area is 224 Å². The maximum absolute atomic E-state index is 11.7. The van der Waals surface area contributed by atoms with Gasteiger partial charge in [0.2, 0.25) is 11.8 Å². The Morgan fingerprint density at radius 2 is 1.05 bits per heavy atom. The van der Waals surface area contributed by atoms with Crippen molar-refractivity contribution in [1.29, 1.82) is 0 Å². The van der Waals surface area contributed by atoms with E-state index in [1.165, 1.54) is 46.8 Å². The van der Waals surface area contributed by atoms with Crippen molar-refractivity contribution in [2.75, 3.05) is 0 Å². The third-order valence-electron chi connectivity index (χ3n) is 7.91. The number of aryl methyl sites for hydroxylation is 2. The highest BCUT2D eigenvalue weighted by Crippen LogP contribution is 2.44. The molecule has 0 N–H and O–H groups in total. The summed E-state index contributed by atoms with van der Waals surface area (Å²) >= 11 is 0. The SMILES string of the molecule is Cc1ccc(-c2cc([N+](=O)[O-])cnc2Oc2ncc([N+](=O)[O-])cc2-c2ccc(C)c3c2CCC3)c2c1CCC2. The van der Waals surface area contributed by atoms with Crippen LogP contribution in [0.1, 0.15) is 46.2 Å². The van der Waals surface area contributed by atoms with Crippen LogP contribution in [0, 0.1) is 34.1 Å². The largest absolute Gasteiger partial charge is 0.419 e. The number of rotatable bonds is 6. The highest BCUT2D eigenvalue weighted by molar-refractivity contribution is 5.79. The molecular formula is C30H26N4O5. The number of ether oxygens (including phenoxy) is 1. The summed E-state index contributed by atoms with van der Waals surface area (Å²) in [6.07, 6.45) is 8.01. The first kappa shape index (κ1) is 24.7. The highest BCUT2D eigenvalue weighted by Gasteiger charge is 2.26. The predicted molar refractivity (Wildman–Crippen MR) is 146 cm³/mol. The van der Waals surface area contributed by atoms with Crippen LogP contribution in [0.15, 0.2) is 48.8 Å². The zero-order valence-corrected chi connectivity index (χ0v) is 21.7. The molecule has 0 radical (unpaired) electrons. The molecular weight excluding hydrogens is 496 g/mol. The smallest absolute Gasteiger partial charge is 0.288 e. The molecule has 6 rings (SSSR count). The molecule has 2 aromatic heterocycles. The minimum atomic E-state index is -0.472. The molecule has 4 aromatic rings. The Balaban J connectivity index is 1.53. The fraction of sp³-hybridized carbons (Fsp3) is 0.267. The van der Waals surface area contributed by atoms with Gasteiger partial charge in [-0.2, -0.15) is 0 Å². The first-order valence-corrected chi connectivity index (χ1v) is 13.0. The van der Waals surface area contributed by atoms with E-state index < -0.39 is 9.85 Å². The Kier molecular flexibility index (Phi) is 6.06. The minimum absolute atomic E-state index is 0.141. The molecule has 39 heavy (non-hydrogen) atoms. The van der Waals surface area contributed by atoms with Gasteiger partial charge in [-0.15, -0.1) is 0 Å². The number of fused-ring (bicyclic) bond motifs is 2. The zero-order valence-electron chi connectivity index (χ0n) is 21.7. The molecule has 196 valence electrons. The lowest BCUT2D eigenvalue weighted by Gasteiger charge is -2.17. The Bertz CT molecular complexity index is 1560. The summed E-state index contributed by atoms with van der Waals surface area (Å²) in [7, 11) is 0. The number of hydrogen-bond donors (Lipinski definition) is 0. The van der Waals surface area contributed by atoms with Gasteiger partial charge >= 0.3 is 0 Å². The number of aromatic nitrogens is 2. The molecule has 0 saturated heterocycles. The van der Waals surface area contributed by atoms with Crippen LogP contribution in [-0.2, 0) is 25.7 Å². The van der Waals surface area contributed by atoms with E-state index in [4.69, 9.17) is 4.74 Å². The van der Waals surface area contributed by atoms with E-state index >= 15 is 0 Å². The number of nitro groups is 2. The van der Waals surface area contributed by atoms with Crippen molar-refractivity contribution >= 4 is 11.4 Å². The molecule has 0 unspecified atom stereocenters. The first-order chi connectivity index (χ1) is 18.8. The van der Waals surface area contributed by atoms with Crippen LogP contribution in [0.25, 0.3) is 22.3 Å². The standard InChI is InChI=1S/C30H26N4O5/c1-17-9-11-25(23-7-3-5-21(17)23)27-13-19(33(35)36)15-31-29(27)39-30-28(14-20(16-32-30)34(37)38)26-12-10-18(2)22-6-4-8-24(22)26/h9-16H,3-8H2,1-2H3. The molecule has 2 aromatic carbocycles. The van der Waals surface area contributed by atoms with Crippen LogP contribution in [0.3, 0.4) is 0 Å². The van der Waals surface area contributed by atoms with Crippen LogP contribution in [0.2, 0.25) is 0 Å². The molecule has 2 aliphatic carbocycles.